The molecule has 3 fully saturated rings. The lowest BCUT2D eigenvalue weighted by Crippen LogP contribution is -2.60. The quantitative estimate of drug-likeness (QED) is 0.169. The van der Waals surface area contributed by atoms with Crippen LogP contribution in [-0.2, 0) is 19.2 Å². The number of halogens is 4. The second kappa shape index (κ2) is 8.17. The first-order chi connectivity index (χ1) is 16.4. The Morgan fingerprint density at radius 1 is 1.14 bits per heavy atom. The van der Waals surface area contributed by atoms with Gasteiger partial charge >= 0.3 is 0 Å². The number of benzene rings is 1. The van der Waals surface area contributed by atoms with Crippen molar-refractivity contribution in [2.75, 3.05) is 12.6 Å². The third kappa shape index (κ3) is 3.02. The number of phenols is 1. The number of rotatable bonds is 3. The lowest BCUT2D eigenvalue weighted by Gasteiger charge is -2.50. The van der Waals surface area contributed by atoms with Crippen molar-refractivity contribution in [1.29, 1.82) is 0 Å². The number of ether oxygens (including phenoxy) is 1. The number of hydroxylamine groups is 2. The predicted octanol–water partition coefficient (Wildman–Crippen LogP) is 3.26. The van der Waals surface area contributed by atoms with E-state index in [0.717, 1.165) is 4.90 Å². The maximum atomic E-state index is 13.6. The van der Waals surface area contributed by atoms with Gasteiger partial charge in [-0.1, -0.05) is 27.6 Å². The first-order valence-electron chi connectivity index (χ1n) is 10.6. The van der Waals surface area contributed by atoms with Crippen LogP contribution in [0.25, 0.3) is 0 Å². The summed E-state index contributed by atoms with van der Waals surface area (Å²) in [5.74, 6) is -6.54. The number of allylic oxidation sites excluding steroid dienone is 2. The summed E-state index contributed by atoms with van der Waals surface area (Å²) in [5, 5.41) is 20.5. The Morgan fingerprint density at radius 2 is 1.83 bits per heavy atom. The zero-order chi connectivity index (χ0) is 25.6. The van der Waals surface area contributed by atoms with Gasteiger partial charge in [-0.3, -0.25) is 29.3 Å². The summed E-state index contributed by atoms with van der Waals surface area (Å²) < 4.78 is 5.54. The number of hydrogen-bond donors (Lipinski definition) is 2. The molecule has 5 rings (SSSR count). The van der Waals surface area contributed by atoms with Crippen molar-refractivity contribution in [2.45, 2.75) is 28.5 Å². The van der Waals surface area contributed by atoms with Crippen molar-refractivity contribution in [3.8, 4) is 11.5 Å². The minimum absolute atomic E-state index is 0.0917. The lowest BCUT2D eigenvalue weighted by atomic mass is 9.56. The van der Waals surface area contributed by atoms with Gasteiger partial charge in [0.05, 0.1) is 28.9 Å². The monoisotopic (exact) mass is 650 g/mol. The minimum Gasteiger partial charge on any atom is -0.503 e. The van der Waals surface area contributed by atoms with E-state index in [-0.39, 0.29) is 39.3 Å². The summed E-state index contributed by atoms with van der Waals surface area (Å²) in [7, 11) is 1.36. The molecule has 0 radical (unpaired) electrons. The van der Waals surface area contributed by atoms with Crippen LogP contribution in [0.3, 0.4) is 0 Å². The molecule has 0 bridgehead atoms. The summed E-state index contributed by atoms with van der Waals surface area (Å²) in [4.78, 5) is 49.5. The SMILES string of the molecule is COc1cc(C2C3=CCC4C(=O)N(O)C(=O)C4C3CC3(Cl)C(=O)N(CBr)C(=O)C23Cl)cc(Br)c1O. The van der Waals surface area contributed by atoms with Crippen LogP contribution in [0.15, 0.2) is 28.3 Å². The van der Waals surface area contributed by atoms with Crippen molar-refractivity contribution in [1.82, 2.24) is 9.96 Å². The average molecular weight is 653 g/mol. The average Bonchev–Trinajstić information content (AvgIpc) is 3.13. The van der Waals surface area contributed by atoms with Crippen LogP contribution in [0.4, 0.5) is 0 Å². The van der Waals surface area contributed by atoms with Crippen LogP contribution in [0.2, 0.25) is 0 Å². The maximum Gasteiger partial charge on any atom is 0.257 e. The van der Waals surface area contributed by atoms with Crippen LogP contribution in [0.1, 0.15) is 24.3 Å². The summed E-state index contributed by atoms with van der Waals surface area (Å²) in [6.45, 7) is 0. The smallest absolute Gasteiger partial charge is 0.257 e. The molecule has 2 N–H and O–H groups in total. The molecule has 0 spiro atoms. The van der Waals surface area contributed by atoms with Gasteiger partial charge in [0.2, 0.25) is 0 Å². The molecule has 9 nitrogen and oxygen atoms in total. The van der Waals surface area contributed by atoms with Crippen molar-refractivity contribution in [2.24, 2.45) is 17.8 Å². The summed E-state index contributed by atoms with van der Waals surface area (Å²) in [6, 6.07) is 3.05. The van der Waals surface area contributed by atoms with Crippen LogP contribution in [0.5, 0.6) is 11.5 Å². The van der Waals surface area contributed by atoms with Gasteiger partial charge in [-0.2, -0.15) is 5.06 Å². The normalized spacial score (nSPS) is 36.2. The molecule has 4 aliphatic rings. The number of nitrogens with zero attached hydrogens (tertiary/aromatic N) is 2. The van der Waals surface area contributed by atoms with Gasteiger partial charge in [0.15, 0.2) is 21.2 Å². The number of amides is 4. The number of imide groups is 2. The van der Waals surface area contributed by atoms with Crippen LogP contribution in [0, 0.1) is 17.8 Å². The van der Waals surface area contributed by atoms with Crippen molar-refractivity contribution >= 4 is 78.7 Å². The number of likely N-dealkylation sites (tertiary alicyclic amines) is 1. The lowest BCUT2D eigenvalue weighted by molar-refractivity contribution is -0.173. The molecule has 1 aromatic carbocycles. The molecule has 6 atom stereocenters. The zero-order valence-electron chi connectivity index (χ0n) is 18.0. The molecule has 2 aliphatic carbocycles. The Labute approximate surface area is 226 Å². The fourth-order valence-electron chi connectivity index (χ4n) is 6.03. The summed E-state index contributed by atoms with van der Waals surface area (Å²) in [5.41, 5.74) is 0.836. The number of methoxy groups -OCH3 is 1. The van der Waals surface area contributed by atoms with E-state index < -0.39 is 57.0 Å². The minimum atomic E-state index is -1.97. The second-order valence-electron chi connectivity index (χ2n) is 9.03. The predicted molar refractivity (Wildman–Crippen MR) is 129 cm³/mol. The summed E-state index contributed by atoms with van der Waals surface area (Å²) in [6.07, 6.45) is 1.69. The molecular formula is C22H18Br2Cl2N2O7. The first-order valence-corrected chi connectivity index (χ1v) is 13.2. The molecule has 1 aromatic rings. The second-order valence-corrected chi connectivity index (χ2v) is 11.6. The molecule has 186 valence electrons. The van der Waals surface area contributed by atoms with Gasteiger partial charge in [0.1, 0.15) is 0 Å². The maximum absolute atomic E-state index is 13.6. The Kier molecular flexibility index (Phi) is 5.84. The highest BCUT2D eigenvalue weighted by Gasteiger charge is 2.76. The molecule has 6 unspecified atom stereocenters. The molecule has 1 saturated carbocycles. The van der Waals surface area contributed by atoms with E-state index in [1.54, 1.807) is 12.1 Å². The summed E-state index contributed by atoms with van der Waals surface area (Å²) >= 11 is 20.6. The van der Waals surface area contributed by atoms with Gasteiger partial charge in [-0.25, -0.2) is 0 Å². The number of alkyl halides is 3. The molecule has 2 aliphatic heterocycles. The van der Waals surface area contributed by atoms with E-state index in [1.165, 1.54) is 13.2 Å². The molecule has 4 amide bonds. The van der Waals surface area contributed by atoms with E-state index in [9.17, 15) is 29.5 Å². The van der Waals surface area contributed by atoms with E-state index in [1.807, 2.05) is 0 Å². The van der Waals surface area contributed by atoms with Crippen molar-refractivity contribution in [3.05, 3.63) is 33.8 Å². The van der Waals surface area contributed by atoms with E-state index >= 15 is 0 Å². The van der Waals surface area contributed by atoms with E-state index in [0.29, 0.717) is 11.1 Å². The molecule has 2 heterocycles. The van der Waals surface area contributed by atoms with Crippen molar-refractivity contribution < 1.29 is 34.2 Å². The molecular weight excluding hydrogens is 635 g/mol. The van der Waals surface area contributed by atoms with Gasteiger partial charge in [0, 0.05) is 5.92 Å². The highest BCUT2D eigenvalue weighted by Crippen LogP contribution is 2.65. The number of fused-ring (bicyclic) bond motifs is 4. The fraction of sp³-hybridized carbons (Fsp3) is 0.455. The third-order valence-electron chi connectivity index (χ3n) is 7.60. The largest absolute Gasteiger partial charge is 0.503 e. The number of carbonyl (C=O) groups is 4. The van der Waals surface area contributed by atoms with E-state index in [2.05, 4.69) is 31.9 Å². The molecule has 2 saturated heterocycles. The van der Waals surface area contributed by atoms with Gasteiger partial charge in [0.25, 0.3) is 23.6 Å². The van der Waals surface area contributed by atoms with Crippen LogP contribution < -0.4 is 4.74 Å². The van der Waals surface area contributed by atoms with Crippen LogP contribution >= 0.6 is 55.1 Å². The van der Waals surface area contributed by atoms with Gasteiger partial charge in [-0.05, 0) is 52.4 Å². The highest BCUT2D eigenvalue weighted by molar-refractivity contribution is 9.10. The molecule has 0 aromatic heterocycles. The first kappa shape index (κ1) is 25.0. The number of phenolic OH excluding ortho intramolecular Hbond substituents is 1. The highest BCUT2D eigenvalue weighted by atomic mass is 79.9. The standard InChI is InChI=1S/C22H18Br2Cl2N2O7/c1-35-13-5-8(4-12(24)16(13)29)15-9-2-3-10-14(18(31)28(34)17(10)30)11(9)6-21(25)19(32)27(7-23)20(33)22(15,21)26/h2,4-5,10-11,14-15,29,34H,3,6-7H2,1H3. The van der Waals surface area contributed by atoms with Gasteiger partial charge in [-0.15, -0.1) is 23.2 Å². The fourth-order valence-corrected chi connectivity index (χ4v) is 7.91. The Hall–Kier alpha value is -1.66. The zero-order valence-corrected chi connectivity index (χ0v) is 22.7. The number of hydrogen-bond acceptors (Lipinski definition) is 7. The van der Waals surface area contributed by atoms with Gasteiger partial charge < -0.3 is 9.84 Å². The Bertz CT molecular complexity index is 1240. The third-order valence-corrected chi connectivity index (χ3v) is 10.1. The Balaban J connectivity index is 1.78. The van der Waals surface area contributed by atoms with Crippen LogP contribution in [-0.4, -0.2) is 66.2 Å². The van der Waals surface area contributed by atoms with Crippen molar-refractivity contribution in [3.63, 3.8) is 0 Å². The number of carbonyl (C=O) groups excluding carboxylic acids is 4. The van der Waals surface area contributed by atoms with E-state index in [4.69, 9.17) is 27.9 Å². The molecule has 13 heteroatoms. The molecule has 35 heavy (non-hydrogen) atoms. The Morgan fingerprint density at radius 3 is 2.46 bits per heavy atom. The number of aromatic hydroxyl groups is 1. The topological polar surface area (TPSA) is 124 Å².